The summed E-state index contributed by atoms with van der Waals surface area (Å²) in [6, 6.07) is 0.635. The number of hydrogen-bond acceptors (Lipinski definition) is 8. The topological polar surface area (TPSA) is 119 Å². The first-order chi connectivity index (χ1) is 21.7. The van der Waals surface area contributed by atoms with Crippen LogP contribution in [0.2, 0.25) is 36.3 Å². The second-order valence-corrected chi connectivity index (χ2v) is 25.1. The molecular weight excluding hydrogens is 641 g/mol. The molecular formula is C34H72N8O4Si2. The molecule has 0 aliphatic carbocycles. The van der Waals surface area contributed by atoms with Gasteiger partial charge < -0.3 is 24.0 Å². The fraction of sp³-hybridized carbons (Fsp3) is 0.765. The van der Waals surface area contributed by atoms with E-state index < -0.39 is 16.6 Å². The molecule has 48 heavy (non-hydrogen) atoms. The molecule has 0 aromatic carbocycles. The molecule has 0 fully saturated rings. The molecule has 2 heterocycles. The van der Waals surface area contributed by atoms with Gasteiger partial charge >= 0.3 is 12.1 Å². The van der Waals surface area contributed by atoms with E-state index in [4.69, 9.17) is 8.85 Å². The van der Waals surface area contributed by atoms with E-state index >= 15 is 0 Å². The highest BCUT2D eigenvalue weighted by Gasteiger charge is 2.40. The summed E-state index contributed by atoms with van der Waals surface area (Å²) in [6.45, 7) is 34.5. The third kappa shape index (κ3) is 17.3. The molecule has 0 spiro atoms. The Hall–Kier alpha value is -2.37. The van der Waals surface area contributed by atoms with E-state index in [0.29, 0.717) is 11.1 Å². The van der Waals surface area contributed by atoms with Gasteiger partial charge in [0.15, 0.2) is 16.6 Å². The van der Waals surface area contributed by atoms with Gasteiger partial charge in [-0.05, 0) is 78.1 Å². The summed E-state index contributed by atoms with van der Waals surface area (Å²) in [6.07, 6.45) is 9.14. The van der Waals surface area contributed by atoms with E-state index in [1.165, 1.54) is 21.8 Å². The standard InChI is InChI=1S/C14H32N2O2Si.C9H23NOSi.C7H6N4O.C4H11N/c1-11(2)15(7)13(17)16(8)12(3)18-19(9,10)14(4,5)6;1-8(10-5)11-12(6,7)9(2,3)4;12-7(10-3-1-8-5-10)11-4-2-9-6-11;1-4(2)5-3/h11-12H,1-10H3;8,10H,1-7H3;1-6H;4-5H,1-3H3. The molecule has 280 valence electrons. The largest absolute Gasteiger partial charge is 0.402 e. The third-order valence-corrected chi connectivity index (χ3v) is 18.0. The van der Waals surface area contributed by atoms with E-state index in [9.17, 15) is 9.59 Å². The molecule has 2 atom stereocenters. The minimum Gasteiger partial charge on any atom is -0.402 e. The number of carbonyl (C=O) groups is 2. The predicted molar refractivity (Wildman–Crippen MR) is 205 cm³/mol. The second-order valence-electron chi connectivity index (χ2n) is 15.6. The van der Waals surface area contributed by atoms with Gasteiger partial charge in [0.25, 0.3) is 0 Å². The molecule has 0 bridgehead atoms. The summed E-state index contributed by atoms with van der Waals surface area (Å²) < 4.78 is 15.0. The highest BCUT2D eigenvalue weighted by Crippen LogP contribution is 2.38. The fourth-order valence-electron chi connectivity index (χ4n) is 2.86. The highest BCUT2D eigenvalue weighted by atomic mass is 28.4. The number of nitrogens with zero attached hydrogens (tertiary/aromatic N) is 6. The van der Waals surface area contributed by atoms with Crippen LogP contribution in [0, 0.1) is 0 Å². The maximum absolute atomic E-state index is 12.2. The molecule has 0 saturated carbocycles. The monoisotopic (exact) mass is 713 g/mol. The fourth-order valence-corrected chi connectivity index (χ4v) is 5.58. The molecule has 2 N–H and O–H groups in total. The minimum absolute atomic E-state index is 0.00112. The Morgan fingerprint density at radius 1 is 0.708 bits per heavy atom. The van der Waals surface area contributed by atoms with Crippen LogP contribution in [0.5, 0.6) is 0 Å². The average Bonchev–Trinajstić information content (AvgIpc) is 3.70. The van der Waals surface area contributed by atoms with Crippen molar-refractivity contribution in [3.63, 3.8) is 0 Å². The van der Waals surface area contributed by atoms with Crippen molar-refractivity contribution in [2.75, 3.05) is 28.2 Å². The molecule has 2 unspecified atom stereocenters. The quantitative estimate of drug-likeness (QED) is 0.213. The van der Waals surface area contributed by atoms with Crippen LogP contribution >= 0.6 is 0 Å². The summed E-state index contributed by atoms with van der Waals surface area (Å²) in [5, 5.41) is 6.58. The molecule has 2 aromatic rings. The molecule has 0 radical (unpaired) electrons. The van der Waals surface area contributed by atoms with Crippen LogP contribution in [-0.4, -0.2) is 110 Å². The Morgan fingerprint density at radius 3 is 1.35 bits per heavy atom. The smallest absolute Gasteiger partial charge is 0.338 e. The van der Waals surface area contributed by atoms with Crippen molar-refractivity contribution in [3.8, 4) is 0 Å². The predicted octanol–water partition coefficient (Wildman–Crippen LogP) is 7.53. The highest BCUT2D eigenvalue weighted by molar-refractivity contribution is 6.74. The Morgan fingerprint density at radius 2 is 1.08 bits per heavy atom. The third-order valence-electron chi connectivity index (χ3n) is 8.91. The van der Waals surface area contributed by atoms with Gasteiger partial charge in [0.05, 0.1) is 6.23 Å². The van der Waals surface area contributed by atoms with E-state index in [1.807, 2.05) is 41.9 Å². The van der Waals surface area contributed by atoms with Gasteiger partial charge in [-0.15, -0.1) is 0 Å². The van der Waals surface area contributed by atoms with Gasteiger partial charge in [-0.1, -0.05) is 55.4 Å². The first kappa shape index (κ1) is 47.7. The summed E-state index contributed by atoms with van der Waals surface area (Å²) in [4.78, 5) is 34.6. The summed E-state index contributed by atoms with van der Waals surface area (Å²) in [5.41, 5.74) is 0. The van der Waals surface area contributed by atoms with Crippen LogP contribution in [-0.2, 0) is 8.85 Å². The molecule has 2 amide bonds. The lowest BCUT2D eigenvalue weighted by molar-refractivity contribution is 0.0543. The van der Waals surface area contributed by atoms with Gasteiger partial charge in [-0.2, -0.15) is 0 Å². The van der Waals surface area contributed by atoms with Gasteiger partial charge in [-0.3, -0.25) is 14.5 Å². The Kier molecular flexibility index (Phi) is 20.9. The minimum atomic E-state index is -1.85. The first-order valence-corrected chi connectivity index (χ1v) is 22.7. The van der Waals surface area contributed by atoms with Gasteiger partial charge in [-0.25, -0.2) is 19.6 Å². The van der Waals surface area contributed by atoms with E-state index in [1.54, 1.807) is 41.6 Å². The molecule has 0 aliphatic rings. The van der Waals surface area contributed by atoms with Crippen LogP contribution in [0.1, 0.15) is 83.1 Å². The molecule has 2 aromatic heterocycles. The molecule has 0 saturated heterocycles. The van der Waals surface area contributed by atoms with Gasteiger partial charge in [0.2, 0.25) is 0 Å². The lowest BCUT2D eigenvalue weighted by Crippen LogP contribution is -2.52. The van der Waals surface area contributed by atoms with Crippen molar-refractivity contribution in [2.24, 2.45) is 0 Å². The van der Waals surface area contributed by atoms with Crippen LogP contribution in [0.3, 0.4) is 0 Å². The number of carbonyl (C=O) groups excluding carboxylic acids is 2. The van der Waals surface area contributed by atoms with E-state index in [-0.39, 0.29) is 35.6 Å². The molecule has 12 nitrogen and oxygen atoms in total. The van der Waals surface area contributed by atoms with Crippen molar-refractivity contribution in [1.29, 1.82) is 0 Å². The lowest BCUT2D eigenvalue weighted by atomic mass is 10.2. The van der Waals surface area contributed by atoms with Crippen molar-refractivity contribution in [3.05, 3.63) is 37.4 Å². The number of amides is 2. The maximum atomic E-state index is 12.2. The number of rotatable bonds is 8. The molecule has 2 rings (SSSR count). The summed E-state index contributed by atoms with van der Waals surface area (Å²) >= 11 is 0. The number of nitrogens with one attached hydrogen (secondary N) is 2. The Balaban J connectivity index is 0. The second kappa shape index (κ2) is 21.0. The van der Waals surface area contributed by atoms with Crippen LogP contribution in [0.15, 0.2) is 37.4 Å². The zero-order chi connectivity index (χ0) is 38.3. The normalized spacial score (nSPS) is 13.3. The van der Waals surface area contributed by atoms with Crippen molar-refractivity contribution in [2.45, 2.75) is 144 Å². The maximum Gasteiger partial charge on any atom is 0.338 e. The van der Waals surface area contributed by atoms with Gasteiger partial charge in [0.1, 0.15) is 18.9 Å². The summed E-state index contributed by atoms with van der Waals surface area (Å²) in [5.74, 6) is 0. The van der Waals surface area contributed by atoms with Crippen LogP contribution < -0.4 is 10.6 Å². The number of aromatic nitrogens is 4. The molecule has 14 heteroatoms. The van der Waals surface area contributed by atoms with E-state index in [0.717, 1.165) is 0 Å². The zero-order valence-corrected chi connectivity index (χ0v) is 36.1. The van der Waals surface area contributed by atoms with Gasteiger partial charge in [0, 0.05) is 51.0 Å². The number of hydrogen-bond donors (Lipinski definition) is 2. The van der Waals surface area contributed by atoms with Crippen molar-refractivity contribution in [1.82, 2.24) is 39.5 Å². The van der Waals surface area contributed by atoms with Crippen molar-refractivity contribution >= 4 is 28.7 Å². The SMILES string of the molecule is CC(C)N(C)C(=O)N(C)C(C)O[Si](C)(C)C(C)(C)C.CNC(C)C.CNC(C)O[Si](C)(C)C(C)(C)C.O=C(n1ccnc1)n1ccnc1. The Bertz CT molecular complexity index is 1110. The van der Waals surface area contributed by atoms with Crippen LogP contribution in [0.25, 0.3) is 0 Å². The van der Waals surface area contributed by atoms with E-state index in [2.05, 4.69) is 109 Å². The summed E-state index contributed by atoms with van der Waals surface area (Å²) in [7, 11) is 4.10. The zero-order valence-electron chi connectivity index (χ0n) is 34.1. The average molecular weight is 713 g/mol. The first-order valence-electron chi connectivity index (χ1n) is 16.9. The Labute approximate surface area is 295 Å². The van der Waals surface area contributed by atoms with Crippen LogP contribution in [0.4, 0.5) is 9.59 Å². The number of urea groups is 1. The van der Waals surface area contributed by atoms with Crippen molar-refractivity contribution < 1.29 is 18.4 Å². The lowest BCUT2D eigenvalue weighted by Gasteiger charge is -2.41. The number of imidazole rings is 2. The molecule has 0 aliphatic heterocycles.